The fraction of sp³-hybridized carbons (Fsp3) is 0.526. The van der Waals surface area contributed by atoms with Gasteiger partial charge >= 0.3 is 0 Å². The number of nitrogens with one attached hydrogen (secondary N) is 2. The van der Waals surface area contributed by atoms with Gasteiger partial charge in [-0.05, 0) is 42.7 Å². The Labute approximate surface area is 155 Å². The van der Waals surface area contributed by atoms with Crippen molar-refractivity contribution in [3.05, 3.63) is 36.9 Å². The molecule has 0 bridgehead atoms. The third-order valence-corrected chi connectivity index (χ3v) is 7.26. The summed E-state index contributed by atoms with van der Waals surface area (Å²) in [6.07, 6.45) is 7.05. The van der Waals surface area contributed by atoms with Gasteiger partial charge in [0.05, 0.1) is 4.90 Å². The van der Waals surface area contributed by atoms with E-state index >= 15 is 0 Å². The molecule has 7 heteroatoms. The molecule has 1 aromatic carbocycles. The summed E-state index contributed by atoms with van der Waals surface area (Å²) in [5.74, 6) is 0.313. The second-order valence-electron chi connectivity index (χ2n) is 7.08. The molecule has 0 spiro atoms. The van der Waals surface area contributed by atoms with Crippen LogP contribution in [0.2, 0.25) is 0 Å². The first-order valence-electron chi connectivity index (χ1n) is 9.27. The number of rotatable bonds is 6. The van der Waals surface area contributed by atoms with Crippen LogP contribution in [0.25, 0.3) is 0 Å². The number of amides is 1. The van der Waals surface area contributed by atoms with Crippen LogP contribution in [0.15, 0.2) is 41.8 Å². The molecule has 2 fully saturated rings. The molecular formula is C19H27N3O3S. The molecule has 1 unspecified atom stereocenters. The zero-order valence-corrected chi connectivity index (χ0v) is 15.8. The van der Waals surface area contributed by atoms with E-state index in [-0.39, 0.29) is 16.8 Å². The number of hydrogen-bond acceptors (Lipinski definition) is 4. The van der Waals surface area contributed by atoms with Crippen molar-refractivity contribution < 1.29 is 13.2 Å². The molecule has 26 heavy (non-hydrogen) atoms. The molecule has 0 radical (unpaired) electrons. The molecule has 1 aliphatic heterocycles. The van der Waals surface area contributed by atoms with Crippen LogP contribution in [0.3, 0.4) is 0 Å². The zero-order chi connectivity index (χ0) is 18.6. The Kier molecular flexibility index (Phi) is 6.11. The summed E-state index contributed by atoms with van der Waals surface area (Å²) in [5, 5.41) is 5.97. The molecular weight excluding hydrogens is 350 g/mol. The van der Waals surface area contributed by atoms with Gasteiger partial charge in [-0.25, -0.2) is 8.42 Å². The molecule has 2 aliphatic rings. The van der Waals surface area contributed by atoms with Crippen LogP contribution in [0.1, 0.15) is 32.1 Å². The highest BCUT2D eigenvalue weighted by Gasteiger charge is 2.35. The van der Waals surface area contributed by atoms with Crippen molar-refractivity contribution in [1.29, 1.82) is 0 Å². The molecule has 1 atom stereocenters. The number of carbonyl (C=O) groups is 1. The summed E-state index contributed by atoms with van der Waals surface area (Å²) in [5.41, 5.74) is 0.552. The summed E-state index contributed by atoms with van der Waals surface area (Å²) >= 11 is 0. The van der Waals surface area contributed by atoms with Crippen LogP contribution < -0.4 is 10.6 Å². The second kappa shape index (κ2) is 8.33. The first-order valence-corrected chi connectivity index (χ1v) is 10.7. The minimum atomic E-state index is -3.54. The smallest absolute Gasteiger partial charge is 0.247 e. The monoisotopic (exact) mass is 377 g/mol. The summed E-state index contributed by atoms with van der Waals surface area (Å²) < 4.78 is 28.0. The van der Waals surface area contributed by atoms with Crippen LogP contribution in [0.4, 0.5) is 5.69 Å². The molecule has 2 N–H and O–H groups in total. The molecule has 3 rings (SSSR count). The minimum absolute atomic E-state index is 0.0111. The Balaban J connectivity index is 1.75. The van der Waals surface area contributed by atoms with Crippen LogP contribution >= 0.6 is 0 Å². The fourth-order valence-corrected chi connectivity index (χ4v) is 5.56. The molecule has 1 heterocycles. The number of anilines is 1. The van der Waals surface area contributed by atoms with Crippen LogP contribution in [0, 0.1) is 5.92 Å². The summed E-state index contributed by atoms with van der Waals surface area (Å²) in [4.78, 5) is 11.6. The van der Waals surface area contributed by atoms with Gasteiger partial charge in [0.2, 0.25) is 15.9 Å². The third kappa shape index (κ3) is 4.34. The Morgan fingerprint density at radius 3 is 2.62 bits per heavy atom. The second-order valence-corrected chi connectivity index (χ2v) is 8.97. The van der Waals surface area contributed by atoms with Gasteiger partial charge in [-0.1, -0.05) is 32.3 Å². The molecule has 1 aliphatic carbocycles. The average Bonchev–Trinajstić information content (AvgIpc) is 3.15. The molecule has 1 amide bonds. The summed E-state index contributed by atoms with van der Waals surface area (Å²) in [6.45, 7) is 5.29. The third-order valence-electron chi connectivity index (χ3n) is 5.29. The topological polar surface area (TPSA) is 78.5 Å². The quantitative estimate of drug-likeness (QED) is 0.746. The number of hydrogen-bond donors (Lipinski definition) is 2. The predicted molar refractivity (Wildman–Crippen MR) is 102 cm³/mol. The maximum absolute atomic E-state index is 13.2. The van der Waals surface area contributed by atoms with Gasteiger partial charge in [0, 0.05) is 31.4 Å². The average molecular weight is 378 g/mol. The SMILES string of the molecule is C=CC(=O)Nc1ccc(S(=O)(=O)N2CCNCC2CC2CCCC2)cc1. The van der Waals surface area contributed by atoms with Gasteiger partial charge in [0.1, 0.15) is 0 Å². The lowest BCUT2D eigenvalue weighted by Crippen LogP contribution is -2.53. The first-order chi connectivity index (χ1) is 12.5. The first kappa shape index (κ1) is 19.1. The van der Waals surface area contributed by atoms with E-state index in [9.17, 15) is 13.2 Å². The molecule has 1 saturated carbocycles. The molecule has 142 valence electrons. The number of carbonyl (C=O) groups excluding carboxylic acids is 1. The Morgan fingerprint density at radius 2 is 1.96 bits per heavy atom. The van der Waals surface area contributed by atoms with E-state index in [1.54, 1.807) is 28.6 Å². The molecule has 1 saturated heterocycles. The predicted octanol–water partition coefficient (Wildman–Crippen LogP) is 2.35. The highest BCUT2D eigenvalue weighted by atomic mass is 32.2. The molecule has 1 aromatic rings. The lowest BCUT2D eigenvalue weighted by Gasteiger charge is -2.36. The zero-order valence-electron chi connectivity index (χ0n) is 15.0. The summed E-state index contributed by atoms with van der Waals surface area (Å²) in [7, 11) is -3.54. The minimum Gasteiger partial charge on any atom is -0.323 e. The standard InChI is InChI=1S/C19H27N3O3S/c1-2-19(23)21-16-7-9-18(10-8-16)26(24,25)22-12-11-20-14-17(22)13-15-5-3-4-6-15/h2,7-10,15,17,20H,1,3-6,11-14H2,(H,21,23). The number of sulfonamides is 1. The van der Waals surface area contributed by atoms with Crippen LogP contribution in [0.5, 0.6) is 0 Å². The van der Waals surface area contributed by atoms with Crippen molar-refractivity contribution in [1.82, 2.24) is 9.62 Å². The van der Waals surface area contributed by atoms with Crippen molar-refractivity contribution in [3.63, 3.8) is 0 Å². The Hall–Kier alpha value is -1.70. The van der Waals surface area contributed by atoms with Crippen molar-refractivity contribution in [2.75, 3.05) is 25.0 Å². The van der Waals surface area contributed by atoms with Gasteiger partial charge in [0.15, 0.2) is 0 Å². The van der Waals surface area contributed by atoms with Gasteiger partial charge in [0.25, 0.3) is 0 Å². The fourth-order valence-electron chi connectivity index (χ4n) is 3.93. The lowest BCUT2D eigenvalue weighted by atomic mass is 9.97. The van der Waals surface area contributed by atoms with Crippen molar-refractivity contribution in [3.8, 4) is 0 Å². The van der Waals surface area contributed by atoms with Crippen LogP contribution in [-0.2, 0) is 14.8 Å². The highest BCUT2D eigenvalue weighted by molar-refractivity contribution is 7.89. The lowest BCUT2D eigenvalue weighted by molar-refractivity contribution is -0.111. The Bertz CT molecular complexity index is 740. The number of nitrogens with zero attached hydrogens (tertiary/aromatic N) is 1. The van der Waals surface area contributed by atoms with E-state index in [2.05, 4.69) is 17.2 Å². The molecule has 6 nitrogen and oxygen atoms in total. The largest absolute Gasteiger partial charge is 0.323 e. The van der Waals surface area contributed by atoms with Crippen LogP contribution in [-0.4, -0.2) is 44.3 Å². The Morgan fingerprint density at radius 1 is 1.27 bits per heavy atom. The molecule has 0 aromatic heterocycles. The van der Waals surface area contributed by atoms with Crippen molar-refractivity contribution in [2.45, 2.75) is 43.0 Å². The van der Waals surface area contributed by atoms with Crippen molar-refractivity contribution >= 4 is 21.6 Å². The van der Waals surface area contributed by atoms with E-state index in [1.807, 2.05) is 0 Å². The van der Waals surface area contributed by atoms with E-state index < -0.39 is 10.0 Å². The van der Waals surface area contributed by atoms with Gasteiger partial charge in [-0.3, -0.25) is 4.79 Å². The number of piperazine rings is 1. The van der Waals surface area contributed by atoms with E-state index in [0.29, 0.717) is 31.2 Å². The normalized spacial score (nSPS) is 22.2. The number of benzene rings is 1. The van der Waals surface area contributed by atoms with E-state index in [1.165, 1.54) is 31.8 Å². The van der Waals surface area contributed by atoms with E-state index in [0.717, 1.165) is 6.42 Å². The van der Waals surface area contributed by atoms with Gasteiger partial charge in [-0.15, -0.1) is 0 Å². The van der Waals surface area contributed by atoms with Gasteiger partial charge < -0.3 is 10.6 Å². The summed E-state index contributed by atoms with van der Waals surface area (Å²) in [6, 6.07) is 6.35. The highest BCUT2D eigenvalue weighted by Crippen LogP contribution is 2.32. The van der Waals surface area contributed by atoms with Crippen molar-refractivity contribution in [2.24, 2.45) is 5.92 Å². The maximum Gasteiger partial charge on any atom is 0.247 e. The van der Waals surface area contributed by atoms with Gasteiger partial charge in [-0.2, -0.15) is 4.31 Å². The van der Waals surface area contributed by atoms with E-state index in [4.69, 9.17) is 0 Å². The maximum atomic E-state index is 13.2.